The van der Waals surface area contributed by atoms with E-state index >= 15 is 0 Å². The van der Waals surface area contributed by atoms with Gasteiger partial charge < -0.3 is 4.74 Å². The number of amides is 1. The number of nitrogens with one attached hydrogen (secondary N) is 1. The lowest BCUT2D eigenvalue weighted by Gasteiger charge is -2.17. The first-order chi connectivity index (χ1) is 12.7. The maximum absolute atomic E-state index is 12.6. The van der Waals surface area contributed by atoms with Crippen molar-refractivity contribution >= 4 is 38.1 Å². The normalized spacial score (nSPS) is 11.7. The molecule has 1 amide bonds. The van der Waals surface area contributed by atoms with E-state index in [1.807, 2.05) is 24.3 Å². The van der Waals surface area contributed by atoms with Gasteiger partial charge in [0.15, 0.2) is 0 Å². The van der Waals surface area contributed by atoms with E-state index in [-0.39, 0.29) is 11.4 Å². The predicted molar refractivity (Wildman–Crippen MR) is 107 cm³/mol. The number of rotatable bonds is 7. The Balaban J connectivity index is 2.00. The van der Waals surface area contributed by atoms with Crippen LogP contribution in [0.2, 0.25) is 0 Å². The molecule has 0 bridgehead atoms. The second-order valence-electron chi connectivity index (χ2n) is 5.74. The van der Waals surface area contributed by atoms with Crippen LogP contribution in [0.5, 0.6) is 5.75 Å². The van der Waals surface area contributed by atoms with E-state index in [9.17, 15) is 13.2 Å². The zero-order chi connectivity index (χ0) is 20.0. The largest absolute Gasteiger partial charge is 0.496 e. The summed E-state index contributed by atoms with van der Waals surface area (Å²) in [5.41, 5.74) is 3.81. The molecule has 2 aromatic rings. The molecule has 0 spiro atoms. The summed E-state index contributed by atoms with van der Waals surface area (Å²) in [5.74, 6) is 0.0521. The minimum absolute atomic E-state index is 0.0921. The minimum Gasteiger partial charge on any atom is -0.496 e. The lowest BCUT2D eigenvalue weighted by molar-refractivity contribution is -0.121. The Kier molecular flexibility index (Phi) is 7.11. The molecule has 0 aromatic heterocycles. The second kappa shape index (κ2) is 9.12. The number of ether oxygens (including phenoxy) is 1. The Labute approximate surface area is 167 Å². The van der Waals surface area contributed by atoms with Crippen LogP contribution in [0.25, 0.3) is 0 Å². The average molecular weight is 454 g/mol. The summed E-state index contributed by atoms with van der Waals surface area (Å²) < 4.78 is 32.3. The summed E-state index contributed by atoms with van der Waals surface area (Å²) in [6.07, 6.45) is 1.48. The van der Waals surface area contributed by atoms with Gasteiger partial charge in [0.2, 0.25) is 10.0 Å². The number of carbonyl (C=O) groups is 1. The van der Waals surface area contributed by atoms with Crippen molar-refractivity contribution in [3.63, 3.8) is 0 Å². The first-order valence-corrected chi connectivity index (χ1v) is 10.2. The number of hydrogen-bond acceptors (Lipinski definition) is 5. The summed E-state index contributed by atoms with van der Waals surface area (Å²) in [4.78, 5) is 12.1. The summed E-state index contributed by atoms with van der Waals surface area (Å²) in [5, 5.41) is 3.84. The third-order valence-electron chi connectivity index (χ3n) is 3.71. The van der Waals surface area contributed by atoms with Gasteiger partial charge in [0.1, 0.15) is 5.75 Å². The molecule has 0 aliphatic heterocycles. The SMILES string of the molecule is COc1ccc(S(=O)(=O)N(C)CC(=O)N/N=C/c2ccc(Br)cc2)cc1C. The zero-order valence-electron chi connectivity index (χ0n) is 15.1. The molecule has 0 atom stereocenters. The Morgan fingerprint density at radius 3 is 2.52 bits per heavy atom. The highest BCUT2D eigenvalue weighted by molar-refractivity contribution is 9.10. The lowest BCUT2D eigenvalue weighted by Crippen LogP contribution is -2.36. The van der Waals surface area contributed by atoms with E-state index in [0.717, 1.165) is 14.3 Å². The standard InChI is InChI=1S/C18H20BrN3O4S/c1-13-10-16(8-9-17(13)26-3)27(24,25)22(2)12-18(23)21-20-11-14-4-6-15(19)7-5-14/h4-11H,12H2,1-3H3,(H,21,23)/b20-11+. The van der Waals surface area contributed by atoms with Gasteiger partial charge in [0.25, 0.3) is 5.91 Å². The van der Waals surface area contributed by atoms with Crippen LogP contribution in [-0.2, 0) is 14.8 Å². The fraction of sp³-hybridized carbons (Fsp3) is 0.222. The Hall–Kier alpha value is -2.23. The van der Waals surface area contributed by atoms with Crippen molar-refractivity contribution in [1.82, 2.24) is 9.73 Å². The van der Waals surface area contributed by atoms with Gasteiger partial charge in [-0.1, -0.05) is 28.1 Å². The highest BCUT2D eigenvalue weighted by Crippen LogP contribution is 2.23. The van der Waals surface area contributed by atoms with Crippen molar-refractivity contribution in [2.75, 3.05) is 20.7 Å². The van der Waals surface area contributed by atoms with Crippen molar-refractivity contribution in [2.45, 2.75) is 11.8 Å². The Morgan fingerprint density at radius 1 is 1.26 bits per heavy atom. The van der Waals surface area contributed by atoms with Gasteiger partial charge in [0.05, 0.1) is 24.8 Å². The summed E-state index contributed by atoms with van der Waals surface area (Å²) in [6, 6.07) is 11.9. The molecular formula is C18H20BrN3O4S. The molecule has 1 N–H and O–H groups in total. The third kappa shape index (κ3) is 5.62. The number of likely N-dealkylation sites (N-methyl/N-ethyl adjacent to an activating group) is 1. The number of halogens is 1. The summed E-state index contributed by atoms with van der Waals surface area (Å²) >= 11 is 3.33. The molecular weight excluding hydrogens is 434 g/mol. The number of carbonyl (C=O) groups excluding carboxylic acids is 1. The fourth-order valence-corrected chi connectivity index (χ4v) is 3.72. The van der Waals surface area contributed by atoms with Crippen LogP contribution in [0.4, 0.5) is 0 Å². The maximum Gasteiger partial charge on any atom is 0.255 e. The molecule has 0 saturated heterocycles. The van der Waals surface area contributed by atoms with Crippen LogP contribution in [0.1, 0.15) is 11.1 Å². The molecule has 9 heteroatoms. The monoisotopic (exact) mass is 453 g/mol. The molecule has 7 nitrogen and oxygen atoms in total. The lowest BCUT2D eigenvalue weighted by atomic mass is 10.2. The summed E-state index contributed by atoms with van der Waals surface area (Å²) in [7, 11) is -0.948. The number of hydrogen-bond donors (Lipinski definition) is 1. The van der Waals surface area contributed by atoms with Gasteiger partial charge in [-0.25, -0.2) is 13.8 Å². The van der Waals surface area contributed by atoms with E-state index in [1.165, 1.54) is 32.5 Å². The highest BCUT2D eigenvalue weighted by atomic mass is 79.9. The number of hydrazone groups is 1. The number of methoxy groups -OCH3 is 1. The molecule has 0 heterocycles. The van der Waals surface area contributed by atoms with Crippen LogP contribution in [0, 0.1) is 6.92 Å². The van der Waals surface area contributed by atoms with E-state index in [1.54, 1.807) is 13.0 Å². The molecule has 2 aromatic carbocycles. The fourth-order valence-electron chi connectivity index (χ4n) is 2.24. The first-order valence-electron chi connectivity index (χ1n) is 7.92. The Bertz CT molecular complexity index is 944. The highest BCUT2D eigenvalue weighted by Gasteiger charge is 2.23. The topological polar surface area (TPSA) is 88.1 Å². The predicted octanol–water partition coefficient (Wildman–Crippen LogP) is 2.54. The van der Waals surface area contributed by atoms with Crippen LogP contribution in [0.3, 0.4) is 0 Å². The quantitative estimate of drug-likeness (QED) is 0.515. The maximum atomic E-state index is 12.6. The van der Waals surface area contributed by atoms with Crippen LogP contribution in [-0.4, -0.2) is 45.5 Å². The van der Waals surface area contributed by atoms with Gasteiger partial charge in [-0.05, 0) is 48.4 Å². The second-order valence-corrected chi connectivity index (χ2v) is 8.70. The number of aryl methyl sites for hydroxylation is 1. The van der Waals surface area contributed by atoms with E-state index in [0.29, 0.717) is 11.3 Å². The van der Waals surface area contributed by atoms with Gasteiger partial charge >= 0.3 is 0 Å². The molecule has 0 radical (unpaired) electrons. The first kappa shape index (κ1) is 21.1. The Morgan fingerprint density at radius 2 is 1.93 bits per heavy atom. The zero-order valence-corrected chi connectivity index (χ0v) is 17.5. The summed E-state index contributed by atoms with van der Waals surface area (Å²) in [6.45, 7) is 1.40. The molecule has 2 rings (SSSR count). The minimum atomic E-state index is -3.80. The number of sulfonamides is 1. The van der Waals surface area contributed by atoms with Gasteiger partial charge in [-0.15, -0.1) is 0 Å². The van der Waals surface area contributed by atoms with Crippen LogP contribution in [0.15, 0.2) is 56.9 Å². The van der Waals surface area contributed by atoms with E-state index in [2.05, 4.69) is 26.5 Å². The van der Waals surface area contributed by atoms with Gasteiger partial charge in [-0.3, -0.25) is 4.79 Å². The third-order valence-corrected chi connectivity index (χ3v) is 6.04. The smallest absolute Gasteiger partial charge is 0.255 e. The van der Waals surface area contributed by atoms with Gasteiger partial charge in [-0.2, -0.15) is 9.41 Å². The molecule has 144 valence electrons. The molecule has 0 aliphatic carbocycles. The molecule has 0 saturated carbocycles. The van der Waals surface area contributed by atoms with Crippen molar-refractivity contribution in [1.29, 1.82) is 0 Å². The van der Waals surface area contributed by atoms with Gasteiger partial charge in [0, 0.05) is 11.5 Å². The van der Waals surface area contributed by atoms with Crippen LogP contribution < -0.4 is 10.2 Å². The molecule has 27 heavy (non-hydrogen) atoms. The van der Waals surface area contributed by atoms with E-state index in [4.69, 9.17) is 4.74 Å². The molecule has 0 aliphatic rings. The van der Waals surface area contributed by atoms with Crippen LogP contribution >= 0.6 is 15.9 Å². The van der Waals surface area contributed by atoms with E-state index < -0.39 is 15.9 Å². The average Bonchev–Trinajstić information content (AvgIpc) is 2.63. The van der Waals surface area contributed by atoms with Crippen molar-refractivity contribution in [2.24, 2.45) is 5.10 Å². The van der Waals surface area contributed by atoms with Crippen molar-refractivity contribution in [3.8, 4) is 5.75 Å². The number of nitrogens with zero attached hydrogens (tertiary/aromatic N) is 2. The molecule has 0 fully saturated rings. The molecule has 0 unspecified atom stereocenters. The van der Waals surface area contributed by atoms with Crippen molar-refractivity contribution in [3.05, 3.63) is 58.1 Å². The van der Waals surface area contributed by atoms with Crippen molar-refractivity contribution < 1.29 is 17.9 Å². The number of benzene rings is 2.